The molecule has 12 atom stereocenters. The number of methoxy groups -OCH3 is 1. The standard InChI is InChI=1S/C33H48N6O7.C33H48N6O6S/c1-16(2)23(25(40)19-10-9-11-21(35-19)46-8)37-31(45)38-27(32(3,4)5)30(44)39-15-18-22(33(18,6)7)24(39)29(43)36-20(14-17-12-13-17)26(41)28(34)42;1-32(2,3)26(38-31(45)37-22(18-9-7-6-8-10-18)25(41)29-35-13-14-46-29)30(44)39-16-19-21(33(19,4)5)23(39)28(43)36-20(15-17-11-12-17)24(40)27(34)42/h9-11,16-18,20,22-24,27H,12-15H2,1-8H3,(H2,34,42)(H,36,43)(H2,37,38,45);13-14,17-23,26H,6-12,15-16H2,1-5H3,(H2,34,42)(H,36,43)(H2,37,38,45)/t18-,20?,22-,23-,24-,27+;19-,20?,21-,22-,23-,26+/m00/s1. The second kappa shape index (κ2) is 27.7. The van der Waals surface area contributed by atoms with Gasteiger partial charge in [-0.1, -0.05) is 134 Å². The molecule has 10 N–H and O–H groups in total. The Morgan fingerprint density at radius 1 is 0.630 bits per heavy atom. The number of carbonyl (C=O) groups excluding carboxylic acids is 12. The highest BCUT2D eigenvalue weighted by molar-refractivity contribution is 7.11. The number of primary amides is 2. The lowest BCUT2D eigenvalue weighted by atomic mass is 9.82. The molecule has 0 spiro atoms. The van der Waals surface area contributed by atoms with Gasteiger partial charge in [-0.25, -0.2) is 19.6 Å². The third-order valence-corrected chi connectivity index (χ3v) is 21.1. The summed E-state index contributed by atoms with van der Waals surface area (Å²) < 4.78 is 5.13. The number of rotatable bonds is 25. The number of urea groups is 2. The lowest BCUT2D eigenvalue weighted by molar-refractivity contribution is -0.145. The third-order valence-electron chi connectivity index (χ3n) is 20.3. The number of Topliss-reactive ketones (excluding diaryl/α,β-unsaturated/α-hetero) is 4. The van der Waals surface area contributed by atoms with Crippen LogP contribution in [0, 0.1) is 69.0 Å². The molecular weight excluding hydrogens is 1200 g/mol. The van der Waals surface area contributed by atoms with Crippen LogP contribution in [-0.2, 0) is 38.4 Å². The lowest BCUT2D eigenvalue weighted by Crippen LogP contribution is -2.62. The summed E-state index contributed by atoms with van der Waals surface area (Å²) in [5, 5.41) is 18.9. The van der Waals surface area contributed by atoms with Crippen LogP contribution in [0.3, 0.4) is 0 Å². The fourth-order valence-electron chi connectivity index (χ4n) is 14.3. The molecule has 0 radical (unpaired) electrons. The van der Waals surface area contributed by atoms with E-state index in [0.29, 0.717) is 30.9 Å². The van der Waals surface area contributed by atoms with Gasteiger partial charge in [0.15, 0.2) is 5.01 Å². The molecule has 5 saturated carbocycles. The quantitative estimate of drug-likeness (QED) is 0.0496. The molecular formula is C66H96N12O13S. The number of hydrogen-bond acceptors (Lipinski definition) is 16. The number of nitrogens with zero attached hydrogens (tertiary/aromatic N) is 4. The van der Waals surface area contributed by atoms with Crippen molar-refractivity contribution in [3.63, 3.8) is 0 Å². The average Bonchev–Trinajstić information content (AvgIpc) is 1.53. The number of hydrogen-bond donors (Lipinski definition) is 8. The first-order valence-electron chi connectivity index (χ1n) is 32.5. The highest BCUT2D eigenvalue weighted by Gasteiger charge is 2.71. The first-order chi connectivity index (χ1) is 43.0. The molecule has 0 aromatic carbocycles. The molecule has 10 amide bonds. The van der Waals surface area contributed by atoms with Gasteiger partial charge in [0.1, 0.15) is 29.9 Å². The topological polar surface area (TPSA) is 371 Å². The van der Waals surface area contributed by atoms with Crippen molar-refractivity contribution in [1.82, 2.24) is 51.7 Å². The van der Waals surface area contributed by atoms with Crippen molar-refractivity contribution >= 4 is 82.0 Å². The van der Waals surface area contributed by atoms with Gasteiger partial charge in [0, 0.05) is 30.7 Å². The molecule has 4 heterocycles. The van der Waals surface area contributed by atoms with Crippen molar-refractivity contribution in [3.05, 3.63) is 40.5 Å². The predicted octanol–water partition coefficient (Wildman–Crippen LogP) is 4.64. The molecule has 7 aliphatic rings. The molecule has 25 nitrogen and oxygen atoms in total. The Labute approximate surface area is 542 Å². The van der Waals surface area contributed by atoms with Crippen molar-refractivity contribution in [3.8, 4) is 5.88 Å². The number of nitrogens with one attached hydrogen (secondary N) is 6. The van der Waals surface area contributed by atoms with E-state index in [-0.39, 0.29) is 75.5 Å². The van der Waals surface area contributed by atoms with Gasteiger partial charge in [-0.2, -0.15) is 0 Å². The largest absolute Gasteiger partial charge is 0.481 e. The monoisotopic (exact) mass is 1300 g/mol. The lowest BCUT2D eigenvalue weighted by Gasteiger charge is -2.38. The van der Waals surface area contributed by atoms with E-state index in [1.165, 1.54) is 28.2 Å². The third kappa shape index (κ3) is 16.0. The predicted molar refractivity (Wildman–Crippen MR) is 340 cm³/mol. The Hall–Kier alpha value is -7.38. The van der Waals surface area contributed by atoms with Gasteiger partial charge in [0.05, 0.1) is 31.3 Å². The van der Waals surface area contributed by atoms with Crippen LogP contribution in [-0.4, -0.2) is 159 Å². The zero-order valence-corrected chi connectivity index (χ0v) is 56.3. The number of amides is 10. The van der Waals surface area contributed by atoms with Gasteiger partial charge < -0.3 is 57.9 Å². The number of ketones is 4. The van der Waals surface area contributed by atoms with Gasteiger partial charge in [-0.05, 0) is 101 Å². The number of carbonyl (C=O) groups is 12. The van der Waals surface area contributed by atoms with Crippen LogP contribution in [0.15, 0.2) is 29.8 Å². The van der Waals surface area contributed by atoms with Gasteiger partial charge in [0.2, 0.25) is 52.6 Å². The number of nitrogens with two attached hydrogens (primary N) is 2. The first kappa shape index (κ1) is 70.5. The minimum atomic E-state index is -1.11. The summed E-state index contributed by atoms with van der Waals surface area (Å²) >= 11 is 1.23. The molecule has 504 valence electrons. The summed E-state index contributed by atoms with van der Waals surface area (Å²) in [6.45, 7) is 23.3. The van der Waals surface area contributed by atoms with E-state index in [1.807, 2.05) is 34.6 Å². The zero-order valence-electron chi connectivity index (χ0n) is 55.5. The van der Waals surface area contributed by atoms with Crippen LogP contribution in [0.25, 0.3) is 0 Å². The van der Waals surface area contributed by atoms with Crippen molar-refractivity contribution < 1.29 is 62.3 Å². The van der Waals surface area contributed by atoms with Crippen LogP contribution in [0.4, 0.5) is 9.59 Å². The smallest absolute Gasteiger partial charge is 0.316 e. The van der Waals surface area contributed by atoms with E-state index in [0.717, 1.165) is 57.8 Å². The van der Waals surface area contributed by atoms with Crippen LogP contribution >= 0.6 is 11.3 Å². The van der Waals surface area contributed by atoms with Crippen LogP contribution in [0.2, 0.25) is 0 Å². The second-order valence-corrected chi connectivity index (χ2v) is 31.2. The summed E-state index contributed by atoms with van der Waals surface area (Å²) in [6.07, 6.45) is 10.5. The summed E-state index contributed by atoms with van der Waals surface area (Å²) in [5.74, 6) is -6.19. The fraction of sp³-hybridized carbons (Fsp3) is 0.697. The van der Waals surface area contributed by atoms with E-state index in [1.54, 1.807) is 64.4 Å². The van der Waals surface area contributed by atoms with E-state index in [4.69, 9.17) is 16.2 Å². The molecule has 7 fully saturated rings. The number of aromatic nitrogens is 2. The van der Waals surface area contributed by atoms with Gasteiger partial charge in [-0.15, -0.1) is 11.3 Å². The van der Waals surface area contributed by atoms with Crippen LogP contribution in [0.1, 0.15) is 174 Å². The van der Waals surface area contributed by atoms with Crippen molar-refractivity contribution in [2.45, 2.75) is 202 Å². The Morgan fingerprint density at radius 2 is 1.09 bits per heavy atom. The second-order valence-electron chi connectivity index (χ2n) is 30.3. The van der Waals surface area contributed by atoms with Crippen molar-refractivity contribution in [1.29, 1.82) is 0 Å². The number of fused-ring (bicyclic) bond motifs is 2. The van der Waals surface area contributed by atoms with E-state index < -0.39 is 124 Å². The maximum absolute atomic E-state index is 14.3. The van der Waals surface area contributed by atoms with E-state index >= 15 is 0 Å². The maximum atomic E-state index is 14.3. The number of pyridine rings is 1. The molecule has 26 heteroatoms. The summed E-state index contributed by atoms with van der Waals surface area (Å²) in [5.41, 5.74) is 8.80. The van der Waals surface area contributed by atoms with Gasteiger partial charge in [0.25, 0.3) is 11.8 Å². The van der Waals surface area contributed by atoms with Crippen molar-refractivity contribution in [2.75, 3.05) is 20.2 Å². The highest BCUT2D eigenvalue weighted by Crippen LogP contribution is 2.66. The number of piperidine rings is 2. The molecule has 2 aliphatic heterocycles. The van der Waals surface area contributed by atoms with E-state index in [2.05, 4.69) is 55.7 Å². The zero-order chi connectivity index (χ0) is 67.9. The SMILES string of the molecule is CC(C)(C)[C@H](NC(=O)N[C@H](C(=O)c1nccs1)C1CCCCC1)C(=O)N1C[C@H]2[C@@H]([C@H]1C(=O)NC(CC1CC1)C(=O)C(N)=O)C2(C)C.COc1cccc(C(=O)[C@@H](NC(=O)N[C@H](C(=O)N2C[C@H]3[C@@H]([C@H]2C(=O)NC(CC2CC2)C(=O)C(N)=O)C3(C)C)C(C)(C)C)C(C)C)n1. The first-order valence-corrected chi connectivity index (χ1v) is 33.4. The molecule has 2 aromatic heterocycles. The molecule has 2 unspecified atom stereocenters. The summed E-state index contributed by atoms with van der Waals surface area (Å²) in [7, 11) is 1.44. The molecule has 92 heavy (non-hydrogen) atoms. The Kier molecular flexibility index (Phi) is 21.2. The van der Waals surface area contributed by atoms with Crippen molar-refractivity contribution in [2.24, 2.45) is 80.5 Å². The van der Waals surface area contributed by atoms with Gasteiger partial charge >= 0.3 is 12.1 Å². The van der Waals surface area contributed by atoms with Crippen LogP contribution in [0.5, 0.6) is 5.88 Å². The summed E-state index contributed by atoms with van der Waals surface area (Å²) in [6, 6.07) is -4.20. The minimum Gasteiger partial charge on any atom is -0.481 e. The normalized spacial score (nSPS) is 24.6. The molecule has 2 saturated heterocycles. The fourth-order valence-corrected chi connectivity index (χ4v) is 14.9. The number of ether oxygens (including phenoxy) is 1. The minimum absolute atomic E-state index is 0.0348. The Balaban J connectivity index is 0.000000237. The highest BCUT2D eigenvalue weighted by atomic mass is 32.1. The molecule has 0 bridgehead atoms. The Morgan fingerprint density at radius 3 is 1.48 bits per heavy atom. The maximum Gasteiger partial charge on any atom is 0.316 e. The van der Waals surface area contributed by atoms with Gasteiger partial charge in [-0.3, -0.25) is 47.9 Å². The number of likely N-dealkylation sites (tertiary alicyclic amines) is 2. The Bertz CT molecular complexity index is 3180. The molecule has 2 aromatic rings. The van der Waals surface area contributed by atoms with Crippen LogP contribution < -0.4 is 48.1 Å². The molecule has 9 rings (SSSR count). The summed E-state index contributed by atoms with van der Waals surface area (Å²) in [4.78, 5) is 170. The number of thiazole rings is 1. The molecule has 5 aliphatic carbocycles. The average molecular weight is 1300 g/mol. The van der Waals surface area contributed by atoms with E-state index in [9.17, 15) is 57.5 Å².